The van der Waals surface area contributed by atoms with Crippen LogP contribution in [-0.2, 0) is 6.54 Å². The van der Waals surface area contributed by atoms with Crippen molar-refractivity contribution in [2.24, 2.45) is 0 Å². The number of nitrogens with one attached hydrogen (secondary N) is 1. The Balaban J connectivity index is 1.41. The largest absolute Gasteiger partial charge is 0.385 e. The van der Waals surface area contributed by atoms with E-state index in [1.165, 1.54) is 0 Å². The third-order valence-corrected chi connectivity index (χ3v) is 7.72. The van der Waals surface area contributed by atoms with Crippen molar-refractivity contribution in [2.45, 2.75) is 26.8 Å². The van der Waals surface area contributed by atoms with Gasteiger partial charge in [0.2, 0.25) is 5.95 Å². The molecule has 0 spiro atoms. The van der Waals surface area contributed by atoms with Crippen LogP contribution < -0.4 is 15.8 Å². The molecule has 0 radical (unpaired) electrons. The van der Waals surface area contributed by atoms with Crippen LogP contribution in [-0.4, -0.2) is 37.6 Å². The van der Waals surface area contributed by atoms with Crippen molar-refractivity contribution >= 4 is 40.0 Å². The molecule has 3 aromatic carbocycles. The van der Waals surface area contributed by atoms with Crippen molar-refractivity contribution in [3.63, 3.8) is 0 Å². The summed E-state index contributed by atoms with van der Waals surface area (Å²) in [5, 5.41) is 4.65. The number of para-hydroxylation sites is 2. The number of hydrogen-bond donors (Lipinski definition) is 1. The fourth-order valence-corrected chi connectivity index (χ4v) is 5.53. The van der Waals surface area contributed by atoms with Gasteiger partial charge in [-0.3, -0.25) is 14.3 Å². The van der Waals surface area contributed by atoms with Crippen LogP contribution in [0.25, 0.3) is 33.4 Å². The molecule has 8 nitrogen and oxygen atoms in total. The van der Waals surface area contributed by atoms with Gasteiger partial charge in [-0.05, 0) is 56.7 Å². The van der Waals surface area contributed by atoms with E-state index in [0.717, 1.165) is 33.7 Å². The number of nitrogens with zero attached hydrogens (tertiary/aromatic N) is 6. The van der Waals surface area contributed by atoms with Crippen molar-refractivity contribution in [3.8, 4) is 22.4 Å². The number of pyridine rings is 1. The Bertz CT molecular complexity index is 1960. The molecule has 3 aromatic heterocycles. The summed E-state index contributed by atoms with van der Waals surface area (Å²) < 4.78 is 1.75. The van der Waals surface area contributed by atoms with Gasteiger partial charge in [-0.25, -0.2) is 9.97 Å². The Kier molecular flexibility index (Phi) is 8.61. The van der Waals surface area contributed by atoms with Gasteiger partial charge in [-0.1, -0.05) is 60.1 Å². The van der Waals surface area contributed by atoms with E-state index in [2.05, 4.69) is 22.2 Å². The van der Waals surface area contributed by atoms with Gasteiger partial charge in [0.05, 0.1) is 17.6 Å². The van der Waals surface area contributed by atoms with Crippen molar-refractivity contribution in [1.82, 2.24) is 24.5 Å². The van der Waals surface area contributed by atoms with Crippen LogP contribution >= 0.6 is 11.6 Å². The van der Waals surface area contributed by atoms with Crippen molar-refractivity contribution in [1.29, 1.82) is 0 Å². The molecule has 220 valence electrons. The first-order chi connectivity index (χ1) is 21.5. The molecular weight excluding hydrogens is 570 g/mol. The molecule has 0 fully saturated rings. The second-order valence-corrected chi connectivity index (χ2v) is 10.8. The average molecular weight is 602 g/mol. The van der Waals surface area contributed by atoms with E-state index in [9.17, 15) is 4.79 Å². The molecule has 0 unspecified atom stereocenters. The van der Waals surface area contributed by atoms with Crippen LogP contribution in [0.1, 0.15) is 19.0 Å². The van der Waals surface area contributed by atoms with Crippen LogP contribution in [0, 0.1) is 6.92 Å². The van der Waals surface area contributed by atoms with Gasteiger partial charge >= 0.3 is 0 Å². The van der Waals surface area contributed by atoms with E-state index in [1.54, 1.807) is 23.2 Å². The molecule has 0 saturated heterocycles. The minimum atomic E-state index is -0.158. The highest BCUT2D eigenvalue weighted by atomic mass is 35.5. The normalized spacial score (nSPS) is 11.1. The molecule has 6 rings (SSSR count). The maximum Gasteiger partial charge on any atom is 0.260 e. The third-order valence-electron chi connectivity index (χ3n) is 7.41. The Morgan fingerprint density at radius 3 is 2.39 bits per heavy atom. The minimum absolute atomic E-state index is 0.158. The molecule has 0 aliphatic rings. The first kappa shape index (κ1) is 29.0. The smallest absolute Gasteiger partial charge is 0.260 e. The standard InChI is InChI=1S/C35H32ClN7O/c1-3-42(28-13-8-5-9-14-28)35-39-22-26-19-30(29-16-15-25(20-31(29)36)32-23-37-21-24(2)40-32)34(44)43(33(26)41-35)18-10-17-38-27-11-6-4-7-12-27/h4-9,11-16,19-23,38H,3,10,17-18H2,1-2H3. The number of anilines is 3. The van der Waals surface area contributed by atoms with Crippen LogP contribution in [0.15, 0.2) is 108 Å². The second kappa shape index (κ2) is 13.1. The van der Waals surface area contributed by atoms with E-state index in [4.69, 9.17) is 21.6 Å². The number of benzene rings is 3. The van der Waals surface area contributed by atoms with Crippen LogP contribution in [0.3, 0.4) is 0 Å². The average Bonchev–Trinajstić information content (AvgIpc) is 3.05. The lowest BCUT2D eigenvalue weighted by molar-refractivity contribution is 0.655. The van der Waals surface area contributed by atoms with Crippen LogP contribution in [0.5, 0.6) is 0 Å². The highest BCUT2D eigenvalue weighted by Crippen LogP contribution is 2.32. The van der Waals surface area contributed by atoms with Crippen molar-refractivity contribution in [2.75, 3.05) is 23.3 Å². The summed E-state index contributed by atoms with van der Waals surface area (Å²) in [6, 6.07) is 27.5. The van der Waals surface area contributed by atoms with Gasteiger partial charge < -0.3 is 10.2 Å². The van der Waals surface area contributed by atoms with Crippen molar-refractivity contribution < 1.29 is 0 Å². The Labute approximate surface area is 261 Å². The Morgan fingerprint density at radius 1 is 0.886 bits per heavy atom. The van der Waals surface area contributed by atoms with Gasteiger partial charge in [0.25, 0.3) is 5.56 Å². The predicted molar refractivity (Wildman–Crippen MR) is 179 cm³/mol. The minimum Gasteiger partial charge on any atom is -0.385 e. The lowest BCUT2D eigenvalue weighted by Gasteiger charge is -2.22. The maximum absolute atomic E-state index is 14.2. The molecule has 0 aliphatic carbocycles. The van der Waals surface area contributed by atoms with Gasteiger partial charge in [-0.15, -0.1) is 0 Å². The SMILES string of the molecule is CCN(c1ccccc1)c1ncc2cc(-c3ccc(-c4cncc(C)n4)cc3Cl)c(=O)n(CCCNc3ccccc3)c2n1. The summed E-state index contributed by atoms with van der Waals surface area (Å²) in [5.74, 6) is 0.538. The maximum atomic E-state index is 14.2. The van der Waals surface area contributed by atoms with E-state index < -0.39 is 0 Å². The van der Waals surface area contributed by atoms with E-state index in [-0.39, 0.29) is 5.56 Å². The molecule has 0 saturated carbocycles. The quantitative estimate of drug-likeness (QED) is 0.162. The lowest BCUT2D eigenvalue weighted by atomic mass is 10.0. The lowest BCUT2D eigenvalue weighted by Crippen LogP contribution is -2.25. The highest BCUT2D eigenvalue weighted by Gasteiger charge is 2.18. The van der Waals surface area contributed by atoms with Gasteiger partial charge in [0.1, 0.15) is 5.65 Å². The highest BCUT2D eigenvalue weighted by molar-refractivity contribution is 6.33. The summed E-state index contributed by atoms with van der Waals surface area (Å²) in [5.41, 5.74) is 5.95. The molecule has 3 heterocycles. The van der Waals surface area contributed by atoms with Crippen molar-refractivity contribution in [3.05, 3.63) is 125 Å². The molecule has 0 atom stereocenters. The van der Waals surface area contributed by atoms with Gasteiger partial charge in [0.15, 0.2) is 0 Å². The monoisotopic (exact) mass is 601 g/mol. The Hall–Kier alpha value is -5.08. The number of rotatable bonds is 10. The van der Waals surface area contributed by atoms with Crippen LogP contribution in [0.2, 0.25) is 5.02 Å². The summed E-state index contributed by atoms with van der Waals surface area (Å²) in [6.45, 7) is 5.78. The van der Waals surface area contributed by atoms with Gasteiger partial charge in [-0.2, -0.15) is 4.98 Å². The summed E-state index contributed by atoms with van der Waals surface area (Å²) >= 11 is 6.83. The first-order valence-corrected chi connectivity index (χ1v) is 15.0. The fraction of sp³-hybridized carbons (Fsp3) is 0.171. The molecule has 44 heavy (non-hydrogen) atoms. The number of fused-ring (bicyclic) bond motifs is 1. The summed E-state index contributed by atoms with van der Waals surface area (Å²) in [4.78, 5) is 34.7. The summed E-state index contributed by atoms with van der Waals surface area (Å²) in [7, 11) is 0. The third kappa shape index (κ3) is 6.16. The molecule has 1 N–H and O–H groups in total. The number of halogens is 1. The zero-order valence-corrected chi connectivity index (χ0v) is 25.4. The van der Waals surface area contributed by atoms with Gasteiger partial charge in [0, 0.05) is 70.5 Å². The first-order valence-electron chi connectivity index (χ1n) is 14.6. The summed E-state index contributed by atoms with van der Waals surface area (Å²) in [6.07, 6.45) is 5.91. The number of aryl methyl sites for hydroxylation is 2. The zero-order chi connectivity index (χ0) is 30.5. The second-order valence-electron chi connectivity index (χ2n) is 10.4. The predicted octanol–water partition coefficient (Wildman–Crippen LogP) is 7.54. The topological polar surface area (TPSA) is 88.8 Å². The molecule has 0 bridgehead atoms. The number of aromatic nitrogens is 5. The van der Waals surface area contributed by atoms with E-state index in [0.29, 0.717) is 53.8 Å². The Morgan fingerprint density at radius 2 is 1.66 bits per heavy atom. The number of hydrogen-bond acceptors (Lipinski definition) is 7. The molecule has 6 aromatic rings. The molecule has 0 amide bonds. The van der Waals surface area contributed by atoms with E-state index in [1.807, 2.05) is 96.8 Å². The molecule has 0 aliphatic heterocycles. The van der Waals surface area contributed by atoms with Crippen LogP contribution in [0.4, 0.5) is 17.3 Å². The molecule has 9 heteroatoms. The molecular formula is C35H32ClN7O. The fourth-order valence-electron chi connectivity index (χ4n) is 5.25. The van der Waals surface area contributed by atoms with E-state index >= 15 is 0 Å². The zero-order valence-electron chi connectivity index (χ0n) is 24.6.